The molecule has 17 heavy (non-hydrogen) atoms. The van der Waals surface area contributed by atoms with E-state index < -0.39 is 10.0 Å². The minimum absolute atomic E-state index is 0.256. The van der Waals surface area contributed by atoms with Gasteiger partial charge in [0.05, 0.1) is 11.9 Å². The minimum Gasteiger partial charge on any atom is -0.321 e. The molecule has 0 heterocycles. The molecule has 4 nitrogen and oxygen atoms in total. The lowest BCUT2D eigenvalue weighted by atomic mass is 9.73. The van der Waals surface area contributed by atoms with E-state index in [1.807, 2.05) is 18.2 Å². The summed E-state index contributed by atoms with van der Waals surface area (Å²) in [4.78, 5) is 0. The predicted octanol–water partition coefficient (Wildman–Crippen LogP) is 1.42. The van der Waals surface area contributed by atoms with Crippen LogP contribution in [0.15, 0.2) is 24.3 Å². The van der Waals surface area contributed by atoms with E-state index in [9.17, 15) is 8.42 Å². The molecule has 0 spiro atoms. The van der Waals surface area contributed by atoms with Gasteiger partial charge in [-0.05, 0) is 37.0 Å². The predicted molar refractivity (Wildman–Crippen MR) is 69.4 cm³/mol. The number of rotatable bonds is 3. The molecule has 1 aromatic carbocycles. The Hall–Kier alpha value is -1.07. The lowest BCUT2D eigenvalue weighted by molar-refractivity contribution is 0.253. The van der Waals surface area contributed by atoms with Gasteiger partial charge in [0.25, 0.3) is 0 Å². The van der Waals surface area contributed by atoms with Crippen LogP contribution in [-0.2, 0) is 15.6 Å². The van der Waals surface area contributed by atoms with Crippen LogP contribution < -0.4 is 10.0 Å². The van der Waals surface area contributed by atoms with Crippen molar-refractivity contribution in [2.45, 2.75) is 24.8 Å². The topological polar surface area (TPSA) is 63.4 Å². The number of nitrogens with two attached hydrogens (primary N) is 1. The first-order valence-electron chi connectivity index (χ1n) is 5.66. The molecule has 5 heteroatoms. The maximum atomic E-state index is 11.5. The second kappa shape index (κ2) is 3.99. The van der Waals surface area contributed by atoms with Crippen LogP contribution in [0.1, 0.15) is 24.8 Å². The zero-order chi connectivity index (χ0) is 12.7. The van der Waals surface area contributed by atoms with Crippen molar-refractivity contribution in [3.63, 3.8) is 0 Å². The Kier molecular flexibility index (Phi) is 2.91. The molecular weight excluding hydrogens is 236 g/mol. The van der Waals surface area contributed by atoms with E-state index in [1.165, 1.54) is 10.6 Å². The number of anilines is 1. The van der Waals surface area contributed by atoms with Crippen molar-refractivity contribution >= 4 is 15.7 Å². The zero-order valence-electron chi connectivity index (χ0n) is 10.2. The quantitative estimate of drug-likeness (QED) is 0.887. The fourth-order valence-corrected chi connectivity index (χ4v) is 2.55. The molecule has 0 radical (unpaired) electrons. The molecule has 0 bridgehead atoms. The van der Waals surface area contributed by atoms with Crippen LogP contribution >= 0.6 is 0 Å². The van der Waals surface area contributed by atoms with Crippen molar-refractivity contribution in [3.8, 4) is 0 Å². The third kappa shape index (κ3) is 2.30. The number of hydrogen-bond donors (Lipinski definition) is 1. The number of sulfonamides is 1. The van der Waals surface area contributed by atoms with Gasteiger partial charge in [-0.1, -0.05) is 12.1 Å². The summed E-state index contributed by atoms with van der Waals surface area (Å²) in [6.07, 6.45) is 4.28. The molecule has 2 N–H and O–H groups in total. The highest BCUT2D eigenvalue weighted by molar-refractivity contribution is 7.92. The second-order valence-corrected chi connectivity index (χ2v) is 6.80. The van der Waals surface area contributed by atoms with Crippen molar-refractivity contribution in [2.24, 2.45) is 5.73 Å². The SMILES string of the molecule is CN(c1cccc(C2(N)CCC2)c1)S(C)(=O)=O. The smallest absolute Gasteiger partial charge is 0.231 e. The summed E-state index contributed by atoms with van der Waals surface area (Å²) in [6, 6.07) is 7.49. The summed E-state index contributed by atoms with van der Waals surface area (Å²) in [6.45, 7) is 0. The standard InChI is InChI=1S/C12H18N2O2S/c1-14(17(2,15)16)11-6-3-5-10(9-11)12(13)7-4-8-12/h3,5-6,9H,4,7-8,13H2,1-2H3. The van der Waals surface area contributed by atoms with Crippen LogP contribution in [0, 0.1) is 0 Å². The molecule has 0 aromatic heterocycles. The Bertz CT molecular complexity index is 521. The van der Waals surface area contributed by atoms with Gasteiger partial charge in [0.2, 0.25) is 10.0 Å². The molecule has 0 amide bonds. The number of benzene rings is 1. The minimum atomic E-state index is -3.21. The van der Waals surface area contributed by atoms with E-state index in [2.05, 4.69) is 0 Å². The van der Waals surface area contributed by atoms with Crippen molar-refractivity contribution in [1.82, 2.24) is 0 Å². The van der Waals surface area contributed by atoms with Gasteiger partial charge in [-0.3, -0.25) is 4.31 Å². The second-order valence-electron chi connectivity index (χ2n) is 4.79. The van der Waals surface area contributed by atoms with Gasteiger partial charge in [-0.2, -0.15) is 0 Å². The first-order chi connectivity index (χ1) is 7.83. The fraction of sp³-hybridized carbons (Fsp3) is 0.500. The Morgan fingerprint density at radius 1 is 1.35 bits per heavy atom. The van der Waals surface area contributed by atoms with Gasteiger partial charge >= 0.3 is 0 Å². The summed E-state index contributed by atoms with van der Waals surface area (Å²) in [5.41, 5.74) is 7.67. The van der Waals surface area contributed by atoms with E-state index in [-0.39, 0.29) is 5.54 Å². The molecule has 2 rings (SSSR count). The number of nitrogens with zero attached hydrogens (tertiary/aromatic N) is 1. The van der Waals surface area contributed by atoms with E-state index in [0.717, 1.165) is 24.8 Å². The first-order valence-corrected chi connectivity index (χ1v) is 7.51. The third-order valence-corrected chi connectivity index (χ3v) is 4.73. The van der Waals surface area contributed by atoms with Crippen molar-refractivity contribution in [2.75, 3.05) is 17.6 Å². The largest absolute Gasteiger partial charge is 0.321 e. The van der Waals surface area contributed by atoms with Gasteiger partial charge in [0.1, 0.15) is 0 Å². The van der Waals surface area contributed by atoms with Gasteiger partial charge in [0.15, 0.2) is 0 Å². The van der Waals surface area contributed by atoms with Crippen LogP contribution in [0.3, 0.4) is 0 Å². The maximum absolute atomic E-state index is 11.5. The summed E-state index contributed by atoms with van der Waals surface area (Å²) < 4.78 is 24.2. The van der Waals surface area contributed by atoms with Crippen molar-refractivity contribution in [1.29, 1.82) is 0 Å². The summed E-state index contributed by atoms with van der Waals surface area (Å²) in [5, 5.41) is 0. The lowest BCUT2D eigenvalue weighted by Crippen LogP contribution is -2.43. The molecule has 0 atom stereocenters. The molecule has 94 valence electrons. The number of hydrogen-bond acceptors (Lipinski definition) is 3. The average molecular weight is 254 g/mol. The van der Waals surface area contributed by atoms with Crippen LogP contribution in [0.4, 0.5) is 5.69 Å². The normalized spacial score (nSPS) is 18.5. The highest BCUT2D eigenvalue weighted by Crippen LogP contribution is 2.39. The molecule has 1 aromatic rings. The van der Waals surface area contributed by atoms with Crippen LogP contribution in [0.2, 0.25) is 0 Å². The summed E-state index contributed by atoms with van der Waals surface area (Å²) in [7, 11) is -1.66. The first kappa shape index (κ1) is 12.4. The Morgan fingerprint density at radius 2 is 2.00 bits per heavy atom. The van der Waals surface area contributed by atoms with E-state index in [1.54, 1.807) is 13.1 Å². The third-order valence-electron chi connectivity index (χ3n) is 3.53. The molecule has 0 aliphatic heterocycles. The highest BCUT2D eigenvalue weighted by Gasteiger charge is 2.34. The maximum Gasteiger partial charge on any atom is 0.231 e. The van der Waals surface area contributed by atoms with Gasteiger partial charge < -0.3 is 5.73 Å². The highest BCUT2D eigenvalue weighted by atomic mass is 32.2. The molecular formula is C12H18N2O2S. The van der Waals surface area contributed by atoms with Gasteiger partial charge in [-0.25, -0.2) is 8.42 Å². The van der Waals surface area contributed by atoms with Gasteiger partial charge in [-0.15, -0.1) is 0 Å². The van der Waals surface area contributed by atoms with Crippen LogP contribution in [0.5, 0.6) is 0 Å². The molecule has 0 unspecified atom stereocenters. The fourth-order valence-electron chi connectivity index (χ4n) is 2.05. The molecule has 0 saturated heterocycles. The zero-order valence-corrected chi connectivity index (χ0v) is 11.0. The average Bonchev–Trinajstić information content (AvgIpc) is 2.24. The Balaban J connectivity index is 2.35. The van der Waals surface area contributed by atoms with Crippen LogP contribution in [0.25, 0.3) is 0 Å². The summed E-state index contributed by atoms with van der Waals surface area (Å²) >= 11 is 0. The van der Waals surface area contributed by atoms with Gasteiger partial charge in [0, 0.05) is 12.6 Å². The van der Waals surface area contributed by atoms with Crippen LogP contribution in [-0.4, -0.2) is 21.7 Å². The van der Waals surface area contributed by atoms with Crippen molar-refractivity contribution in [3.05, 3.63) is 29.8 Å². The van der Waals surface area contributed by atoms with E-state index in [0.29, 0.717) is 5.69 Å². The molecule has 1 fully saturated rings. The Morgan fingerprint density at radius 3 is 2.47 bits per heavy atom. The van der Waals surface area contributed by atoms with E-state index in [4.69, 9.17) is 5.73 Å². The van der Waals surface area contributed by atoms with E-state index >= 15 is 0 Å². The molecule has 1 aliphatic rings. The monoisotopic (exact) mass is 254 g/mol. The Labute approximate surface area is 102 Å². The summed E-state index contributed by atoms with van der Waals surface area (Å²) in [5.74, 6) is 0. The molecule has 1 saturated carbocycles. The van der Waals surface area contributed by atoms with Crippen molar-refractivity contribution < 1.29 is 8.42 Å². The lowest BCUT2D eigenvalue weighted by Gasteiger charge is -2.39. The molecule has 1 aliphatic carbocycles.